The van der Waals surface area contributed by atoms with Crippen LogP contribution < -0.4 is 25.1 Å². The molecule has 0 saturated heterocycles. The molecular weight excluding hydrogens is 452 g/mol. The van der Waals surface area contributed by atoms with Crippen molar-refractivity contribution >= 4 is 11.6 Å². The topological polar surface area (TPSA) is 118 Å². The van der Waals surface area contributed by atoms with Crippen LogP contribution in [0.15, 0.2) is 57.8 Å². The van der Waals surface area contributed by atoms with Gasteiger partial charge >= 0.3 is 0 Å². The molecule has 0 aliphatic carbocycles. The van der Waals surface area contributed by atoms with Gasteiger partial charge in [-0.2, -0.15) is 4.98 Å². The van der Waals surface area contributed by atoms with Gasteiger partial charge in [0.05, 0.1) is 7.11 Å². The molecule has 0 saturated carbocycles. The van der Waals surface area contributed by atoms with Gasteiger partial charge in [0.2, 0.25) is 18.5 Å². The molecule has 1 aliphatic heterocycles. The molecule has 0 spiro atoms. The van der Waals surface area contributed by atoms with Crippen LogP contribution in [0.5, 0.6) is 17.2 Å². The normalized spacial score (nSPS) is 12.0. The number of pyridine rings is 1. The number of benzene rings is 2. The zero-order chi connectivity index (χ0) is 24.5. The molecule has 2 aromatic heterocycles. The summed E-state index contributed by atoms with van der Waals surface area (Å²) in [4.78, 5) is 30.6. The molecule has 1 N–H and O–H groups in total. The lowest BCUT2D eigenvalue weighted by molar-refractivity contribution is -0.116. The second-order valence-corrected chi connectivity index (χ2v) is 8.00. The smallest absolute Gasteiger partial charge is 0.264 e. The third-order valence-corrected chi connectivity index (χ3v) is 5.65. The van der Waals surface area contributed by atoms with Crippen molar-refractivity contribution in [2.24, 2.45) is 0 Å². The van der Waals surface area contributed by atoms with Gasteiger partial charge in [0.1, 0.15) is 17.9 Å². The fourth-order valence-electron chi connectivity index (χ4n) is 3.88. The van der Waals surface area contributed by atoms with Gasteiger partial charge in [0.25, 0.3) is 11.4 Å². The van der Waals surface area contributed by atoms with E-state index in [0.29, 0.717) is 45.6 Å². The number of ether oxygens (including phenoxy) is 3. The number of methoxy groups -OCH3 is 1. The van der Waals surface area contributed by atoms with Gasteiger partial charge in [0, 0.05) is 23.0 Å². The summed E-state index contributed by atoms with van der Waals surface area (Å²) in [6, 6.07) is 14.1. The maximum absolute atomic E-state index is 13.4. The molecule has 3 heterocycles. The van der Waals surface area contributed by atoms with Crippen molar-refractivity contribution in [1.82, 2.24) is 14.7 Å². The second-order valence-electron chi connectivity index (χ2n) is 8.00. The molecule has 2 aromatic carbocycles. The molecule has 10 nitrogen and oxygen atoms in total. The molecule has 10 heteroatoms. The summed E-state index contributed by atoms with van der Waals surface area (Å²) in [5.74, 6) is 1.93. The first-order valence-electron chi connectivity index (χ1n) is 10.8. The van der Waals surface area contributed by atoms with E-state index < -0.39 is 5.56 Å². The number of hydrogen-bond donors (Lipinski definition) is 1. The van der Waals surface area contributed by atoms with E-state index in [-0.39, 0.29) is 30.7 Å². The monoisotopic (exact) mass is 474 g/mol. The maximum Gasteiger partial charge on any atom is 0.264 e. The minimum Gasteiger partial charge on any atom is -0.497 e. The van der Waals surface area contributed by atoms with Crippen LogP contribution in [0.2, 0.25) is 0 Å². The fraction of sp³-hybridized carbons (Fsp3) is 0.200. The predicted molar refractivity (Wildman–Crippen MR) is 127 cm³/mol. The van der Waals surface area contributed by atoms with Crippen LogP contribution in [0.4, 0.5) is 5.69 Å². The number of anilines is 1. The Kier molecular flexibility index (Phi) is 5.69. The SMILES string of the molecule is COc1ccc(-c2noc(-c3c(C)cc(C)n(CC(=O)Nc4ccc5c(c4)OCO5)c3=O)n2)cc1. The Morgan fingerprint density at radius 1 is 1.09 bits per heavy atom. The van der Waals surface area contributed by atoms with Gasteiger partial charge in [-0.1, -0.05) is 5.16 Å². The van der Waals surface area contributed by atoms with E-state index in [9.17, 15) is 9.59 Å². The van der Waals surface area contributed by atoms with E-state index in [0.717, 1.165) is 0 Å². The molecular formula is C25H22N4O6. The van der Waals surface area contributed by atoms with Crippen LogP contribution in [0.3, 0.4) is 0 Å². The first-order valence-corrected chi connectivity index (χ1v) is 10.8. The summed E-state index contributed by atoms with van der Waals surface area (Å²) in [6.45, 7) is 3.51. The summed E-state index contributed by atoms with van der Waals surface area (Å²) in [5, 5.41) is 6.81. The van der Waals surface area contributed by atoms with Gasteiger partial charge in [0.15, 0.2) is 11.5 Å². The highest BCUT2D eigenvalue weighted by atomic mass is 16.7. The molecule has 0 atom stereocenters. The Morgan fingerprint density at radius 3 is 2.63 bits per heavy atom. The van der Waals surface area contributed by atoms with Crippen molar-refractivity contribution in [3.05, 3.63) is 70.1 Å². The highest BCUT2D eigenvalue weighted by molar-refractivity contribution is 5.91. The van der Waals surface area contributed by atoms with Crippen LogP contribution >= 0.6 is 0 Å². The zero-order valence-electron chi connectivity index (χ0n) is 19.3. The van der Waals surface area contributed by atoms with E-state index in [4.69, 9.17) is 18.7 Å². The van der Waals surface area contributed by atoms with Gasteiger partial charge < -0.3 is 28.6 Å². The third kappa shape index (κ3) is 4.33. The number of fused-ring (bicyclic) bond motifs is 1. The van der Waals surface area contributed by atoms with Crippen LogP contribution in [0.25, 0.3) is 22.8 Å². The number of carbonyl (C=O) groups excluding carboxylic acids is 1. The summed E-state index contributed by atoms with van der Waals surface area (Å²) in [6.07, 6.45) is 0. The number of carbonyl (C=O) groups is 1. The molecule has 35 heavy (non-hydrogen) atoms. The molecule has 5 rings (SSSR count). The highest BCUT2D eigenvalue weighted by Crippen LogP contribution is 2.34. The molecule has 178 valence electrons. The Labute approximate surface area is 200 Å². The van der Waals surface area contributed by atoms with Gasteiger partial charge in [-0.3, -0.25) is 9.59 Å². The average molecular weight is 474 g/mol. The van der Waals surface area contributed by atoms with Crippen molar-refractivity contribution in [2.45, 2.75) is 20.4 Å². The minimum absolute atomic E-state index is 0.0863. The largest absolute Gasteiger partial charge is 0.497 e. The summed E-state index contributed by atoms with van der Waals surface area (Å²) < 4.78 is 22.6. The number of nitrogens with zero attached hydrogens (tertiary/aromatic N) is 3. The lowest BCUT2D eigenvalue weighted by Gasteiger charge is -2.13. The molecule has 1 amide bonds. The van der Waals surface area contributed by atoms with Crippen LogP contribution in [0.1, 0.15) is 11.3 Å². The Morgan fingerprint density at radius 2 is 1.86 bits per heavy atom. The summed E-state index contributed by atoms with van der Waals surface area (Å²) in [7, 11) is 1.59. The van der Waals surface area contributed by atoms with E-state index in [1.807, 2.05) is 6.07 Å². The first kappa shape index (κ1) is 22.2. The first-order chi connectivity index (χ1) is 16.9. The van der Waals surface area contributed by atoms with Crippen LogP contribution in [0, 0.1) is 13.8 Å². The van der Waals surface area contributed by atoms with Crippen LogP contribution in [-0.2, 0) is 11.3 Å². The van der Waals surface area contributed by atoms with Crippen molar-refractivity contribution in [1.29, 1.82) is 0 Å². The van der Waals surface area contributed by atoms with Crippen LogP contribution in [-0.4, -0.2) is 34.5 Å². The fourth-order valence-corrected chi connectivity index (χ4v) is 3.88. The number of amides is 1. The van der Waals surface area contributed by atoms with Gasteiger partial charge in [-0.15, -0.1) is 0 Å². The molecule has 0 radical (unpaired) electrons. The standard InChI is InChI=1S/C25H22N4O6/c1-14-10-15(2)29(12-21(30)26-17-6-9-19-20(11-17)34-13-33-19)25(31)22(14)24-27-23(28-35-24)16-4-7-18(32-3)8-5-16/h4-11H,12-13H2,1-3H3,(H,26,30). The lowest BCUT2D eigenvalue weighted by Crippen LogP contribution is -2.30. The zero-order valence-corrected chi connectivity index (χ0v) is 19.3. The van der Waals surface area contributed by atoms with Gasteiger partial charge in [-0.05, 0) is 61.9 Å². The van der Waals surface area contributed by atoms with E-state index in [1.54, 1.807) is 63.4 Å². The third-order valence-electron chi connectivity index (χ3n) is 5.65. The van der Waals surface area contributed by atoms with E-state index >= 15 is 0 Å². The Balaban J connectivity index is 1.41. The highest BCUT2D eigenvalue weighted by Gasteiger charge is 2.21. The molecule has 4 aromatic rings. The van der Waals surface area contributed by atoms with E-state index in [1.165, 1.54) is 4.57 Å². The van der Waals surface area contributed by atoms with E-state index in [2.05, 4.69) is 15.5 Å². The van der Waals surface area contributed by atoms with Crippen molar-refractivity contribution in [3.63, 3.8) is 0 Å². The quantitative estimate of drug-likeness (QED) is 0.451. The average Bonchev–Trinajstić information content (AvgIpc) is 3.51. The predicted octanol–water partition coefficient (Wildman–Crippen LogP) is 3.56. The minimum atomic E-state index is -0.395. The lowest BCUT2D eigenvalue weighted by atomic mass is 10.1. The number of hydrogen-bond acceptors (Lipinski definition) is 8. The molecule has 0 bridgehead atoms. The van der Waals surface area contributed by atoms with Crippen molar-refractivity contribution in [2.75, 3.05) is 19.2 Å². The Hall–Kier alpha value is -4.60. The number of nitrogens with one attached hydrogen (secondary N) is 1. The molecule has 1 aliphatic rings. The Bertz CT molecular complexity index is 1470. The summed E-state index contributed by atoms with van der Waals surface area (Å²) in [5.41, 5.74) is 2.41. The number of aromatic nitrogens is 3. The van der Waals surface area contributed by atoms with Crippen molar-refractivity contribution in [3.8, 4) is 40.1 Å². The van der Waals surface area contributed by atoms with Crippen molar-refractivity contribution < 1.29 is 23.5 Å². The number of rotatable bonds is 6. The number of aryl methyl sites for hydroxylation is 2. The second kappa shape index (κ2) is 8.98. The van der Waals surface area contributed by atoms with Gasteiger partial charge in [-0.25, -0.2) is 0 Å². The molecule has 0 unspecified atom stereocenters. The summed E-state index contributed by atoms with van der Waals surface area (Å²) >= 11 is 0. The molecule has 0 fully saturated rings. The maximum atomic E-state index is 13.4.